The summed E-state index contributed by atoms with van der Waals surface area (Å²) in [6, 6.07) is 0.224. The van der Waals surface area contributed by atoms with Gasteiger partial charge in [-0.25, -0.2) is 0 Å². The largest absolute Gasteiger partial charge is 0.481 e. The molecule has 1 fully saturated rings. The zero-order valence-corrected chi connectivity index (χ0v) is 12.7. The molecule has 0 saturated carbocycles. The van der Waals surface area contributed by atoms with E-state index in [0.29, 0.717) is 0 Å². The minimum Gasteiger partial charge on any atom is -0.481 e. The smallest absolute Gasteiger partial charge is 0.308 e. The van der Waals surface area contributed by atoms with Gasteiger partial charge in [-0.1, -0.05) is 51.9 Å². The molecule has 0 spiro atoms. The van der Waals surface area contributed by atoms with Crippen LogP contribution in [0.4, 0.5) is 0 Å². The van der Waals surface area contributed by atoms with Gasteiger partial charge in [0.25, 0.3) is 0 Å². The third-order valence-corrected chi connectivity index (χ3v) is 4.50. The molecular formula is C16H31NO2. The number of likely N-dealkylation sites (tertiary alicyclic amines) is 1. The van der Waals surface area contributed by atoms with E-state index >= 15 is 0 Å². The Kier molecular flexibility index (Phi) is 8.11. The summed E-state index contributed by atoms with van der Waals surface area (Å²) in [7, 11) is 0. The first kappa shape index (κ1) is 16.5. The predicted octanol–water partition coefficient (Wildman–Crippen LogP) is 3.92. The monoisotopic (exact) mass is 269 g/mol. The van der Waals surface area contributed by atoms with Gasteiger partial charge in [-0.15, -0.1) is 0 Å². The summed E-state index contributed by atoms with van der Waals surface area (Å²) in [5, 5.41) is 9.09. The van der Waals surface area contributed by atoms with Crippen molar-refractivity contribution in [1.82, 2.24) is 4.90 Å². The molecule has 1 saturated heterocycles. The van der Waals surface area contributed by atoms with Crippen LogP contribution in [0.5, 0.6) is 0 Å². The van der Waals surface area contributed by atoms with Crippen molar-refractivity contribution in [3.8, 4) is 0 Å². The van der Waals surface area contributed by atoms with E-state index in [1.165, 1.54) is 51.4 Å². The van der Waals surface area contributed by atoms with Crippen LogP contribution in [-0.4, -0.2) is 35.1 Å². The van der Waals surface area contributed by atoms with E-state index in [9.17, 15) is 4.79 Å². The normalized spacial score (nSPS) is 23.9. The summed E-state index contributed by atoms with van der Waals surface area (Å²) in [5.74, 6) is -0.764. The quantitative estimate of drug-likeness (QED) is 0.611. The predicted molar refractivity (Wildman–Crippen MR) is 79.4 cm³/mol. The lowest BCUT2D eigenvalue weighted by atomic mass is 10.0. The SMILES string of the molecule is CCCCCCCCCCN1CCC(C(=O)O)C1C. The molecule has 0 aromatic carbocycles. The molecule has 1 aliphatic rings. The van der Waals surface area contributed by atoms with E-state index in [0.717, 1.165) is 19.5 Å². The standard InChI is InChI=1S/C16H31NO2/c1-3-4-5-6-7-8-9-10-12-17-13-11-15(14(17)2)16(18)19/h14-15H,3-13H2,1-2H3,(H,18,19). The van der Waals surface area contributed by atoms with Gasteiger partial charge in [0.15, 0.2) is 0 Å². The Labute approximate surface area is 118 Å². The number of rotatable bonds is 10. The highest BCUT2D eigenvalue weighted by Gasteiger charge is 2.34. The highest BCUT2D eigenvalue weighted by Crippen LogP contribution is 2.24. The van der Waals surface area contributed by atoms with Gasteiger partial charge < -0.3 is 5.11 Å². The molecule has 2 unspecified atom stereocenters. The lowest BCUT2D eigenvalue weighted by Crippen LogP contribution is -2.33. The van der Waals surface area contributed by atoms with Gasteiger partial charge in [-0.3, -0.25) is 9.69 Å². The Balaban J connectivity index is 2.00. The van der Waals surface area contributed by atoms with Crippen molar-refractivity contribution >= 4 is 5.97 Å². The van der Waals surface area contributed by atoms with Crippen LogP contribution in [0.1, 0.15) is 71.6 Å². The van der Waals surface area contributed by atoms with Crippen molar-refractivity contribution in [3.05, 3.63) is 0 Å². The zero-order valence-electron chi connectivity index (χ0n) is 12.7. The first-order valence-corrected chi connectivity index (χ1v) is 8.13. The molecule has 3 nitrogen and oxygen atoms in total. The lowest BCUT2D eigenvalue weighted by molar-refractivity contribution is -0.142. The summed E-state index contributed by atoms with van der Waals surface area (Å²) in [6.45, 7) is 6.37. The van der Waals surface area contributed by atoms with Crippen LogP contribution in [0.25, 0.3) is 0 Å². The van der Waals surface area contributed by atoms with Gasteiger partial charge >= 0.3 is 5.97 Å². The van der Waals surface area contributed by atoms with Crippen LogP contribution < -0.4 is 0 Å². The highest BCUT2D eigenvalue weighted by atomic mass is 16.4. The minimum absolute atomic E-state index is 0.144. The summed E-state index contributed by atoms with van der Waals surface area (Å²) in [4.78, 5) is 13.4. The maximum Gasteiger partial charge on any atom is 0.308 e. The summed E-state index contributed by atoms with van der Waals surface area (Å²) < 4.78 is 0. The van der Waals surface area contributed by atoms with Gasteiger partial charge in [0.2, 0.25) is 0 Å². The molecule has 1 heterocycles. The van der Waals surface area contributed by atoms with E-state index in [2.05, 4.69) is 18.7 Å². The van der Waals surface area contributed by atoms with Gasteiger partial charge in [0, 0.05) is 6.04 Å². The van der Waals surface area contributed by atoms with Gasteiger partial charge in [-0.05, 0) is 32.9 Å². The van der Waals surface area contributed by atoms with Crippen LogP contribution in [-0.2, 0) is 4.79 Å². The Morgan fingerprint density at radius 3 is 2.21 bits per heavy atom. The number of carboxylic acid groups (broad SMARTS) is 1. The molecule has 19 heavy (non-hydrogen) atoms. The topological polar surface area (TPSA) is 40.5 Å². The number of nitrogens with zero attached hydrogens (tertiary/aromatic N) is 1. The third-order valence-electron chi connectivity index (χ3n) is 4.50. The van der Waals surface area contributed by atoms with E-state index in [-0.39, 0.29) is 12.0 Å². The third kappa shape index (κ3) is 5.94. The fraction of sp³-hybridized carbons (Fsp3) is 0.938. The number of hydrogen-bond acceptors (Lipinski definition) is 2. The molecule has 1 aliphatic heterocycles. The molecule has 0 radical (unpaired) electrons. The minimum atomic E-state index is -0.620. The second-order valence-electron chi connectivity index (χ2n) is 5.98. The molecule has 0 bridgehead atoms. The fourth-order valence-corrected chi connectivity index (χ4v) is 3.10. The highest BCUT2D eigenvalue weighted by molar-refractivity contribution is 5.71. The molecule has 1 N–H and O–H groups in total. The number of carbonyl (C=O) groups is 1. The number of hydrogen-bond donors (Lipinski definition) is 1. The van der Waals surface area contributed by atoms with E-state index in [4.69, 9.17) is 5.11 Å². The molecular weight excluding hydrogens is 238 g/mol. The molecule has 0 aromatic heterocycles. The molecule has 0 amide bonds. The van der Waals surface area contributed by atoms with Crippen LogP contribution in [0.15, 0.2) is 0 Å². The summed E-state index contributed by atoms with van der Waals surface area (Å²) in [5.41, 5.74) is 0. The summed E-state index contributed by atoms with van der Waals surface area (Å²) >= 11 is 0. The van der Waals surface area contributed by atoms with Crippen molar-refractivity contribution in [3.63, 3.8) is 0 Å². The molecule has 3 heteroatoms. The van der Waals surface area contributed by atoms with Gasteiger partial charge in [0.1, 0.15) is 0 Å². The van der Waals surface area contributed by atoms with E-state index in [1.807, 2.05) is 0 Å². The van der Waals surface area contributed by atoms with Gasteiger partial charge in [-0.2, -0.15) is 0 Å². The van der Waals surface area contributed by atoms with Crippen molar-refractivity contribution in [2.75, 3.05) is 13.1 Å². The van der Waals surface area contributed by atoms with Crippen molar-refractivity contribution < 1.29 is 9.90 Å². The fourth-order valence-electron chi connectivity index (χ4n) is 3.10. The maximum absolute atomic E-state index is 11.0. The zero-order chi connectivity index (χ0) is 14.1. The van der Waals surface area contributed by atoms with Gasteiger partial charge in [0.05, 0.1) is 5.92 Å². The molecule has 2 atom stereocenters. The average molecular weight is 269 g/mol. The van der Waals surface area contributed by atoms with Crippen LogP contribution in [0, 0.1) is 5.92 Å². The number of carboxylic acids is 1. The second kappa shape index (κ2) is 9.35. The first-order valence-electron chi connectivity index (χ1n) is 8.13. The Bertz CT molecular complexity index is 255. The number of aliphatic carboxylic acids is 1. The van der Waals surface area contributed by atoms with Crippen molar-refractivity contribution in [1.29, 1.82) is 0 Å². The Morgan fingerprint density at radius 2 is 1.68 bits per heavy atom. The summed E-state index contributed by atoms with van der Waals surface area (Å²) in [6.07, 6.45) is 11.5. The van der Waals surface area contributed by atoms with E-state index in [1.54, 1.807) is 0 Å². The molecule has 0 aromatic rings. The Hall–Kier alpha value is -0.570. The number of unbranched alkanes of at least 4 members (excludes halogenated alkanes) is 7. The van der Waals surface area contributed by atoms with Crippen LogP contribution in [0.2, 0.25) is 0 Å². The average Bonchev–Trinajstić information content (AvgIpc) is 2.74. The lowest BCUT2D eigenvalue weighted by Gasteiger charge is -2.22. The van der Waals surface area contributed by atoms with Crippen LogP contribution >= 0.6 is 0 Å². The molecule has 0 aliphatic carbocycles. The van der Waals surface area contributed by atoms with Crippen LogP contribution in [0.3, 0.4) is 0 Å². The van der Waals surface area contributed by atoms with Crippen molar-refractivity contribution in [2.45, 2.75) is 77.7 Å². The van der Waals surface area contributed by atoms with E-state index < -0.39 is 5.97 Å². The first-order chi connectivity index (χ1) is 9.16. The molecule has 1 rings (SSSR count). The second-order valence-corrected chi connectivity index (χ2v) is 5.98. The maximum atomic E-state index is 11.0. The molecule has 112 valence electrons. The van der Waals surface area contributed by atoms with Crippen molar-refractivity contribution in [2.24, 2.45) is 5.92 Å². The Morgan fingerprint density at radius 1 is 1.11 bits per heavy atom.